The maximum atomic E-state index is 12.9. The molecular formula is C19H33F3N4O. The van der Waals surface area contributed by atoms with E-state index in [-0.39, 0.29) is 11.7 Å². The molecule has 0 aliphatic carbocycles. The number of aromatic nitrogens is 2. The molecule has 1 unspecified atom stereocenters. The molecule has 0 spiro atoms. The van der Waals surface area contributed by atoms with Gasteiger partial charge in [-0.25, -0.2) is 0 Å². The van der Waals surface area contributed by atoms with E-state index in [0.29, 0.717) is 11.2 Å². The fourth-order valence-corrected chi connectivity index (χ4v) is 3.04. The van der Waals surface area contributed by atoms with Crippen LogP contribution in [0.15, 0.2) is 6.07 Å². The van der Waals surface area contributed by atoms with Crippen molar-refractivity contribution in [1.82, 2.24) is 20.0 Å². The van der Waals surface area contributed by atoms with Gasteiger partial charge in [-0.1, -0.05) is 39.5 Å². The Morgan fingerprint density at radius 1 is 1.19 bits per heavy atom. The summed E-state index contributed by atoms with van der Waals surface area (Å²) in [6, 6.07) is 0.625. The summed E-state index contributed by atoms with van der Waals surface area (Å²) in [5.41, 5.74) is -1.14. The fraction of sp³-hybridized carbons (Fsp3) is 0.789. The third kappa shape index (κ3) is 8.32. The monoisotopic (exact) mass is 390 g/mol. The molecule has 0 fully saturated rings. The molecule has 0 aliphatic heterocycles. The van der Waals surface area contributed by atoms with Gasteiger partial charge in [-0.05, 0) is 32.9 Å². The van der Waals surface area contributed by atoms with Gasteiger partial charge in [-0.3, -0.25) is 9.48 Å². The summed E-state index contributed by atoms with van der Waals surface area (Å²) in [4.78, 5) is 14.6. The molecule has 1 N–H and O–H groups in total. The van der Waals surface area contributed by atoms with Gasteiger partial charge in [0, 0.05) is 25.7 Å². The smallest absolute Gasteiger partial charge is 0.347 e. The van der Waals surface area contributed by atoms with E-state index in [1.165, 1.54) is 19.9 Å². The molecule has 1 rings (SSSR count). The predicted octanol–water partition coefficient (Wildman–Crippen LogP) is 4.24. The number of hydrogen-bond acceptors (Lipinski definition) is 3. The first kappa shape index (κ1) is 23.5. The van der Waals surface area contributed by atoms with Crippen molar-refractivity contribution < 1.29 is 18.0 Å². The molecule has 1 amide bonds. The van der Waals surface area contributed by atoms with Crippen molar-refractivity contribution >= 4 is 5.91 Å². The lowest BCUT2D eigenvalue weighted by Gasteiger charge is -2.26. The number of nitrogens with zero attached hydrogens (tertiary/aromatic N) is 3. The molecule has 156 valence electrons. The maximum Gasteiger partial charge on any atom is 0.433 e. The Morgan fingerprint density at radius 3 is 2.19 bits per heavy atom. The minimum atomic E-state index is -4.53. The minimum Gasteiger partial charge on any atom is -0.347 e. The van der Waals surface area contributed by atoms with Gasteiger partial charge in [0.1, 0.15) is 5.69 Å². The lowest BCUT2D eigenvalue weighted by molar-refractivity contribution is -0.143. The number of nitrogens with one attached hydrogen (secondary N) is 1. The van der Waals surface area contributed by atoms with Crippen molar-refractivity contribution in [3.63, 3.8) is 0 Å². The van der Waals surface area contributed by atoms with Gasteiger partial charge in [0.2, 0.25) is 0 Å². The molecule has 1 aromatic rings. The van der Waals surface area contributed by atoms with Crippen LogP contribution in [-0.2, 0) is 13.2 Å². The van der Waals surface area contributed by atoms with Crippen molar-refractivity contribution in [1.29, 1.82) is 0 Å². The Kier molecular flexibility index (Phi) is 9.83. The minimum absolute atomic E-state index is 0.169. The van der Waals surface area contributed by atoms with Crippen LogP contribution in [-0.4, -0.2) is 46.3 Å². The summed E-state index contributed by atoms with van der Waals surface area (Å²) >= 11 is 0. The number of halogens is 3. The second-order valence-corrected chi connectivity index (χ2v) is 7.13. The average Bonchev–Trinajstić information content (AvgIpc) is 2.97. The zero-order valence-corrected chi connectivity index (χ0v) is 16.9. The van der Waals surface area contributed by atoms with E-state index in [0.717, 1.165) is 44.8 Å². The van der Waals surface area contributed by atoms with Gasteiger partial charge in [0.25, 0.3) is 5.91 Å². The summed E-state index contributed by atoms with van der Waals surface area (Å²) < 4.78 is 39.3. The molecule has 0 aliphatic rings. The highest BCUT2D eigenvalue weighted by Gasteiger charge is 2.35. The van der Waals surface area contributed by atoms with Crippen molar-refractivity contribution in [2.45, 2.75) is 71.5 Å². The molecule has 0 radical (unpaired) electrons. The van der Waals surface area contributed by atoms with Gasteiger partial charge in [-0.15, -0.1) is 0 Å². The summed E-state index contributed by atoms with van der Waals surface area (Å²) in [5.74, 6) is -0.573. The third-order valence-corrected chi connectivity index (χ3v) is 4.47. The van der Waals surface area contributed by atoms with Crippen LogP contribution in [0.3, 0.4) is 0 Å². The van der Waals surface area contributed by atoms with E-state index >= 15 is 0 Å². The second-order valence-electron chi connectivity index (χ2n) is 7.13. The number of hydrogen-bond donors (Lipinski definition) is 1. The molecule has 8 heteroatoms. The molecule has 5 nitrogen and oxygen atoms in total. The molecule has 0 saturated heterocycles. The largest absolute Gasteiger partial charge is 0.433 e. The van der Waals surface area contributed by atoms with Crippen molar-refractivity contribution in [2.24, 2.45) is 7.05 Å². The molecular weight excluding hydrogens is 357 g/mol. The molecule has 1 heterocycles. The van der Waals surface area contributed by atoms with Crippen LogP contribution in [0.2, 0.25) is 0 Å². The van der Waals surface area contributed by atoms with E-state index < -0.39 is 17.8 Å². The predicted molar refractivity (Wildman–Crippen MR) is 101 cm³/mol. The Hall–Kier alpha value is -1.57. The first-order valence-electron chi connectivity index (χ1n) is 9.83. The highest BCUT2D eigenvalue weighted by atomic mass is 19.4. The van der Waals surface area contributed by atoms with Gasteiger partial charge < -0.3 is 10.2 Å². The van der Waals surface area contributed by atoms with Crippen molar-refractivity contribution in [3.05, 3.63) is 17.5 Å². The third-order valence-electron chi connectivity index (χ3n) is 4.47. The number of unbranched alkanes of at least 4 members (excludes halogenated alkanes) is 4. The molecule has 1 aromatic heterocycles. The molecule has 1 atom stereocenters. The molecule has 0 saturated carbocycles. The molecule has 27 heavy (non-hydrogen) atoms. The SMILES string of the molecule is CCCCCN(CCCCC)CC(C)NC(=O)c1cc(C(F)(F)F)n(C)n1. The van der Waals surface area contributed by atoms with Crippen LogP contribution in [0.5, 0.6) is 0 Å². The summed E-state index contributed by atoms with van der Waals surface area (Å²) in [6.45, 7) is 8.81. The van der Waals surface area contributed by atoms with Crippen LogP contribution in [0.25, 0.3) is 0 Å². The second kappa shape index (κ2) is 11.3. The number of amides is 1. The maximum absolute atomic E-state index is 12.9. The molecule has 0 bridgehead atoms. The fourth-order valence-electron chi connectivity index (χ4n) is 3.04. The zero-order chi connectivity index (χ0) is 20.4. The van der Waals surface area contributed by atoms with Gasteiger partial charge in [0.05, 0.1) is 0 Å². The topological polar surface area (TPSA) is 50.2 Å². The normalized spacial score (nSPS) is 13.2. The van der Waals surface area contributed by atoms with Crippen LogP contribution in [0, 0.1) is 0 Å². The number of rotatable bonds is 12. The highest BCUT2D eigenvalue weighted by molar-refractivity contribution is 5.92. The van der Waals surface area contributed by atoms with Crippen LogP contribution < -0.4 is 5.32 Å². The van der Waals surface area contributed by atoms with Crippen molar-refractivity contribution in [2.75, 3.05) is 19.6 Å². The standard InChI is InChI=1S/C19H33F3N4O/c1-5-7-9-11-26(12-10-8-6-2)14-15(3)23-18(27)16-13-17(19(20,21)22)25(4)24-16/h13,15H,5-12,14H2,1-4H3,(H,23,27). The lowest BCUT2D eigenvalue weighted by Crippen LogP contribution is -2.42. The Morgan fingerprint density at radius 2 is 1.74 bits per heavy atom. The number of alkyl halides is 3. The van der Waals surface area contributed by atoms with Gasteiger partial charge >= 0.3 is 6.18 Å². The first-order valence-corrected chi connectivity index (χ1v) is 9.83. The Labute approximate surface area is 160 Å². The Bertz CT molecular complexity index is 562. The average molecular weight is 390 g/mol. The van der Waals surface area contributed by atoms with E-state index in [9.17, 15) is 18.0 Å². The summed E-state index contributed by atoms with van der Waals surface area (Å²) in [6.07, 6.45) is 2.32. The highest BCUT2D eigenvalue weighted by Crippen LogP contribution is 2.29. The van der Waals surface area contributed by atoms with E-state index in [1.54, 1.807) is 0 Å². The number of carbonyl (C=O) groups is 1. The lowest BCUT2D eigenvalue weighted by atomic mass is 10.2. The van der Waals surface area contributed by atoms with Crippen LogP contribution >= 0.6 is 0 Å². The van der Waals surface area contributed by atoms with E-state index in [4.69, 9.17) is 0 Å². The number of aryl methyl sites for hydroxylation is 1. The van der Waals surface area contributed by atoms with Gasteiger partial charge in [0.15, 0.2) is 5.69 Å². The zero-order valence-electron chi connectivity index (χ0n) is 16.9. The van der Waals surface area contributed by atoms with Gasteiger partial charge in [-0.2, -0.15) is 18.3 Å². The van der Waals surface area contributed by atoms with Crippen LogP contribution in [0.4, 0.5) is 13.2 Å². The quantitative estimate of drug-likeness (QED) is 0.543. The number of carbonyl (C=O) groups excluding carboxylic acids is 1. The first-order chi connectivity index (χ1) is 12.7. The van der Waals surface area contributed by atoms with E-state index in [1.807, 2.05) is 6.92 Å². The molecule has 0 aromatic carbocycles. The Balaban J connectivity index is 2.63. The van der Waals surface area contributed by atoms with E-state index in [2.05, 4.69) is 29.2 Å². The van der Waals surface area contributed by atoms with Crippen LogP contribution in [0.1, 0.15) is 75.5 Å². The summed E-state index contributed by atoms with van der Waals surface area (Å²) in [7, 11) is 1.19. The summed E-state index contributed by atoms with van der Waals surface area (Å²) in [5, 5.41) is 6.48. The van der Waals surface area contributed by atoms with Crippen molar-refractivity contribution in [3.8, 4) is 0 Å².